The monoisotopic (exact) mass is 233 g/mol. The molecule has 94 valence electrons. The highest BCUT2D eigenvalue weighted by Crippen LogP contribution is 2.23. The third-order valence-corrected chi connectivity index (χ3v) is 3.08. The summed E-state index contributed by atoms with van der Waals surface area (Å²) in [6, 6.07) is 5.80. The summed E-state index contributed by atoms with van der Waals surface area (Å²) in [5, 5.41) is 0. The SMILES string of the molecule is C=CCc1cc(N)ccc1OCC(CC)CC. The number of rotatable bonds is 7. The minimum Gasteiger partial charge on any atom is -0.493 e. The Bertz CT molecular complexity index is 356. The zero-order chi connectivity index (χ0) is 12.7. The Balaban J connectivity index is 2.72. The van der Waals surface area contributed by atoms with E-state index in [1.54, 1.807) is 0 Å². The van der Waals surface area contributed by atoms with Gasteiger partial charge in [0.1, 0.15) is 5.75 Å². The molecule has 0 radical (unpaired) electrons. The number of ether oxygens (including phenoxy) is 1. The first-order valence-electron chi connectivity index (χ1n) is 6.33. The average molecular weight is 233 g/mol. The van der Waals surface area contributed by atoms with E-state index in [1.807, 2.05) is 24.3 Å². The fourth-order valence-electron chi connectivity index (χ4n) is 1.79. The molecule has 17 heavy (non-hydrogen) atoms. The molecule has 0 saturated carbocycles. The van der Waals surface area contributed by atoms with Gasteiger partial charge in [-0.25, -0.2) is 0 Å². The molecule has 1 rings (SSSR count). The van der Waals surface area contributed by atoms with Gasteiger partial charge in [0, 0.05) is 5.69 Å². The second-order valence-electron chi connectivity index (χ2n) is 4.35. The number of nitrogen functional groups attached to an aromatic ring is 1. The molecule has 1 aromatic carbocycles. The van der Waals surface area contributed by atoms with Gasteiger partial charge in [0.25, 0.3) is 0 Å². The lowest BCUT2D eigenvalue weighted by molar-refractivity contribution is 0.239. The van der Waals surface area contributed by atoms with Crippen LogP contribution in [0.2, 0.25) is 0 Å². The standard InChI is InChI=1S/C15H23NO/c1-4-7-13-10-14(16)8-9-15(13)17-11-12(5-2)6-3/h4,8-10,12H,1,5-7,11,16H2,2-3H3. The number of benzene rings is 1. The van der Waals surface area contributed by atoms with Crippen LogP contribution in [0.15, 0.2) is 30.9 Å². The van der Waals surface area contributed by atoms with Gasteiger partial charge in [-0.3, -0.25) is 0 Å². The predicted octanol–water partition coefficient (Wildman–Crippen LogP) is 3.81. The molecule has 0 unspecified atom stereocenters. The Morgan fingerprint density at radius 1 is 1.35 bits per heavy atom. The van der Waals surface area contributed by atoms with Crippen LogP contribution in [0.1, 0.15) is 32.3 Å². The summed E-state index contributed by atoms with van der Waals surface area (Å²) in [6.45, 7) is 8.94. The van der Waals surface area contributed by atoms with E-state index in [2.05, 4.69) is 20.4 Å². The van der Waals surface area contributed by atoms with Gasteiger partial charge in [-0.2, -0.15) is 0 Å². The van der Waals surface area contributed by atoms with Crippen LogP contribution in [0.25, 0.3) is 0 Å². The summed E-state index contributed by atoms with van der Waals surface area (Å²) >= 11 is 0. The van der Waals surface area contributed by atoms with Gasteiger partial charge in [0.05, 0.1) is 6.61 Å². The second kappa shape index (κ2) is 7.00. The minimum atomic E-state index is 0.629. The highest BCUT2D eigenvalue weighted by atomic mass is 16.5. The largest absolute Gasteiger partial charge is 0.493 e. The molecular formula is C15H23NO. The fourth-order valence-corrected chi connectivity index (χ4v) is 1.79. The third-order valence-electron chi connectivity index (χ3n) is 3.08. The average Bonchev–Trinajstić information content (AvgIpc) is 2.33. The van der Waals surface area contributed by atoms with E-state index in [0.717, 1.165) is 42.9 Å². The van der Waals surface area contributed by atoms with E-state index < -0.39 is 0 Å². The van der Waals surface area contributed by atoms with Crippen molar-refractivity contribution >= 4 is 5.69 Å². The lowest BCUT2D eigenvalue weighted by Crippen LogP contribution is -2.11. The van der Waals surface area contributed by atoms with Crippen molar-refractivity contribution in [2.75, 3.05) is 12.3 Å². The van der Waals surface area contributed by atoms with Gasteiger partial charge in [-0.05, 0) is 36.1 Å². The van der Waals surface area contributed by atoms with Crippen LogP contribution in [0.3, 0.4) is 0 Å². The molecule has 0 atom stereocenters. The predicted molar refractivity (Wildman–Crippen MR) is 74.3 cm³/mol. The maximum atomic E-state index is 5.89. The van der Waals surface area contributed by atoms with Gasteiger partial charge in [-0.15, -0.1) is 6.58 Å². The van der Waals surface area contributed by atoms with Crippen LogP contribution in [0, 0.1) is 5.92 Å². The zero-order valence-corrected chi connectivity index (χ0v) is 10.9. The van der Waals surface area contributed by atoms with E-state index in [0.29, 0.717) is 5.92 Å². The molecule has 0 bridgehead atoms. The van der Waals surface area contributed by atoms with Gasteiger partial charge in [0.15, 0.2) is 0 Å². The van der Waals surface area contributed by atoms with Crippen LogP contribution in [-0.2, 0) is 6.42 Å². The molecule has 2 N–H and O–H groups in total. The third kappa shape index (κ3) is 4.14. The minimum absolute atomic E-state index is 0.629. The molecule has 0 aliphatic rings. The molecule has 0 aliphatic heterocycles. The molecular weight excluding hydrogens is 210 g/mol. The van der Waals surface area contributed by atoms with Crippen LogP contribution < -0.4 is 10.5 Å². The van der Waals surface area contributed by atoms with Crippen LogP contribution in [0.5, 0.6) is 5.75 Å². The first-order chi connectivity index (χ1) is 8.21. The summed E-state index contributed by atoms with van der Waals surface area (Å²) in [5.41, 5.74) is 7.67. The Morgan fingerprint density at radius 3 is 2.65 bits per heavy atom. The molecule has 0 amide bonds. The lowest BCUT2D eigenvalue weighted by Gasteiger charge is -2.16. The first kappa shape index (κ1) is 13.6. The molecule has 2 heteroatoms. The maximum absolute atomic E-state index is 5.89. The second-order valence-corrected chi connectivity index (χ2v) is 4.35. The zero-order valence-electron chi connectivity index (χ0n) is 10.9. The van der Waals surface area contributed by atoms with E-state index >= 15 is 0 Å². The van der Waals surface area contributed by atoms with E-state index in [1.165, 1.54) is 0 Å². The summed E-state index contributed by atoms with van der Waals surface area (Å²) in [7, 11) is 0. The topological polar surface area (TPSA) is 35.2 Å². The van der Waals surface area contributed by atoms with Gasteiger partial charge >= 0.3 is 0 Å². The maximum Gasteiger partial charge on any atom is 0.122 e. The van der Waals surface area contributed by atoms with E-state index in [4.69, 9.17) is 10.5 Å². The van der Waals surface area contributed by atoms with Crippen molar-refractivity contribution in [1.29, 1.82) is 0 Å². The van der Waals surface area contributed by atoms with Crippen molar-refractivity contribution in [2.45, 2.75) is 33.1 Å². The number of allylic oxidation sites excluding steroid dienone is 1. The van der Waals surface area contributed by atoms with Crippen LogP contribution in [-0.4, -0.2) is 6.61 Å². The number of hydrogen-bond acceptors (Lipinski definition) is 2. The smallest absolute Gasteiger partial charge is 0.122 e. The van der Waals surface area contributed by atoms with Crippen molar-refractivity contribution in [3.8, 4) is 5.75 Å². The van der Waals surface area contributed by atoms with E-state index in [-0.39, 0.29) is 0 Å². The molecule has 0 aromatic heterocycles. The van der Waals surface area contributed by atoms with Crippen molar-refractivity contribution in [2.24, 2.45) is 5.92 Å². The molecule has 0 aliphatic carbocycles. The Kier molecular flexibility index (Phi) is 5.61. The lowest BCUT2D eigenvalue weighted by atomic mass is 10.1. The molecule has 0 fully saturated rings. The van der Waals surface area contributed by atoms with Gasteiger partial charge in [0.2, 0.25) is 0 Å². The summed E-state index contributed by atoms with van der Waals surface area (Å²) in [4.78, 5) is 0. The summed E-state index contributed by atoms with van der Waals surface area (Å²) in [5.74, 6) is 1.56. The number of hydrogen-bond donors (Lipinski definition) is 1. The van der Waals surface area contributed by atoms with E-state index in [9.17, 15) is 0 Å². The van der Waals surface area contributed by atoms with Crippen LogP contribution >= 0.6 is 0 Å². The van der Waals surface area contributed by atoms with Gasteiger partial charge in [-0.1, -0.05) is 32.8 Å². The summed E-state index contributed by atoms with van der Waals surface area (Å²) < 4.78 is 5.89. The van der Waals surface area contributed by atoms with Crippen molar-refractivity contribution in [3.05, 3.63) is 36.4 Å². The molecule has 2 nitrogen and oxygen atoms in total. The Hall–Kier alpha value is -1.44. The van der Waals surface area contributed by atoms with Crippen molar-refractivity contribution in [1.82, 2.24) is 0 Å². The molecule has 0 saturated heterocycles. The quantitative estimate of drug-likeness (QED) is 0.574. The summed E-state index contributed by atoms with van der Waals surface area (Å²) in [6.07, 6.45) is 4.98. The highest BCUT2D eigenvalue weighted by Gasteiger charge is 2.07. The normalized spacial score (nSPS) is 10.5. The van der Waals surface area contributed by atoms with Crippen molar-refractivity contribution in [3.63, 3.8) is 0 Å². The first-order valence-corrected chi connectivity index (χ1v) is 6.33. The number of nitrogens with two attached hydrogens (primary N) is 1. The fraction of sp³-hybridized carbons (Fsp3) is 0.467. The molecule has 1 aromatic rings. The Morgan fingerprint density at radius 2 is 2.06 bits per heavy atom. The molecule has 0 spiro atoms. The van der Waals surface area contributed by atoms with Gasteiger partial charge < -0.3 is 10.5 Å². The molecule has 0 heterocycles. The highest BCUT2D eigenvalue weighted by molar-refractivity contribution is 5.48. The van der Waals surface area contributed by atoms with Crippen LogP contribution in [0.4, 0.5) is 5.69 Å². The van der Waals surface area contributed by atoms with Crippen molar-refractivity contribution < 1.29 is 4.74 Å². The number of anilines is 1. The Labute approximate surface area is 104 Å².